The molecule has 4 rings (SSSR count). The minimum absolute atomic E-state index is 0.104. The Labute approximate surface area is 191 Å². The third kappa shape index (κ3) is 4.44. The van der Waals surface area contributed by atoms with Gasteiger partial charge in [-0.3, -0.25) is 14.2 Å². The normalized spacial score (nSPS) is 11.2. The molecule has 0 radical (unpaired) electrons. The van der Waals surface area contributed by atoms with Gasteiger partial charge in [0, 0.05) is 30.5 Å². The summed E-state index contributed by atoms with van der Waals surface area (Å²) in [6.07, 6.45) is 0.557. The fourth-order valence-corrected chi connectivity index (χ4v) is 4.27. The summed E-state index contributed by atoms with van der Waals surface area (Å²) in [5.41, 5.74) is 4.26. The van der Waals surface area contributed by atoms with Crippen molar-refractivity contribution in [2.24, 2.45) is 0 Å². The summed E-state index contributed by atoms with van der Waals surface area (Å²) in [5.74, 6) is -0.470. The number of nitrogens with zero attached hydrogens (tertiary/aromatic N) is 3. The molecule has 0 spiro atoms. The summed E-state index contributed by atoms with van der Waals surface area (Å²) in [7, 11) is 0. The Kier molecular flexibility index (Phi) is 6.40. The molecule has 7 heteroatoms. The van der Waals surface area contributed by atoms with Gasteiger partial charge in [0.15, 0.2) is 0 Å². The number of carbonyl (C=O) groups excluding carboxylic acids is 1. The first-order valence-corrected chi connectivity index (χ1v) is 11.1. The van der Waals surface area contributed by atoms with Crippen LogP contribution in [0.25, 0.3) is 16.7 Å². The third-order valence-electron chi connectivity index (χ3n) is 5.93. The molecule has 0 unspecified atom stereocenters. The average molecular weight is 447 g/mol. The van der Waals surface area contributed by atoms with Crippen LogP contribution in [0.1, 0.15) is 35.7 Å². The van der Waals surface area contributed by atoms with Gasteiger partial charge in [0.1, 0.15) is 11.5 Å². The summed E-state index contributed by atoms with van der Waals surface area (Å²) in [4.78, 5) is 25.8. The monoisotopic (exact) mass is 446 g/mol. The van der Waals surface area contributed by atoms with Gasteiger partial charge >= 0.3 is 0 Å². The largest absolute Gasteiger partial charge is 0.352 e. The molecule has 0 saturated heterocycles. The molecule has 6 nitrogen and oxygen atoms in total. The Balaban J connectivity index is 1.67. The molecule has 0 aliphatic rings. The van der Waals surface area contributed by atoms with Gasteiger partial charge in [0.25, 0.3) is 5.56 Å². The zero-order valence-corrected chi connectivity index (χ0v) is 19.1. The number of carbonyl (C=O) groups is 1. The van der Waals surface area contributed by atoms with Crippen LogP contribution in [-0.2, 0) is 24.3 Å². The second kappa shape index (κ2) is 9.40. The maximum atomic E-state index is 13.9. The van der Waals surface area contributed by atoms with Crippen LogP contribution < -0.4 is 10.9 Å². The van der Waals surface area contributed by atoms with Crippen LogP contribution in [0.2, 0.25) is 0 Å². The number of amides is 1. The topological polar surface area (TPSA) is 68.9 Å². The van der Waals surface area contributed by atoms with Crippen molar-refractivity contribution in [2.45, 2.75) is 46.7 Å². The Bertz CT molecular complexity index is 1370. The van der Waals surface area contributed by atoms with Gasteiger partial charge in [-0.25, -0.2) is 9.07 Å². The van der Waals surface area contributed by atoms with Crippen LogP contribution in [0.15, 0.2) is 59.4 Å². The van der Waals surface area contributed by atoms with Crippen LogP contribution in [0.4, 0.5) is 4.39 Å². The van der Waals surface area contributed by atoms with E-state index < -0.39 is 0 Å². The fourth-order valence-electron chi connectivity index (χ4n) is 4.27. The zero-order valence-electron chi connectivity index (χ0n) is 19.1. The van der Waals surface area contributed by atoms with E-state index in [1.807, 2.05) is 51.1 Å². The van der Waals surface area contributed by atoms with E-state index in [1.165, 1.54) is 12.1 Å². The van der Waals surface area contributed by atoms with Gasteiger partial charge in [-0.1, -0.05) is 36.4 Å². The molecule has 33 heavy (non-hydrogen) atoms. The summed E-state index contributed by atoms with van der Waals surface area (Å²) in [6, 6.07) is 15.9. The molecule has 1 N–H and O–H groups in total. The summed E-state index contributed by atoms with van der Waals surface area (Å²) in [5, 5.41) is 8.40. The van der Waals surface area contributed by atoms with Crippen LogP contribution >= 0.6 is 0 Å². The number of hydrogen-bond acceptors (Lipinski definition) is 3. The van der Waals surface area contributed by atoms with E-state index in [9.17, 15) is 14.0 Å². The fraction of sp³-hybridized carbons (Fsp3) is 0.269. The quantitative estimate of drug-likeness (QED) is 0.462. The van der Waals surface area contributed by atoms with E-state index in [1.54, 1.807) is 21.4 Å². The van der Waals surface area contributed by atoms with Crippen LogP contribution in [-0.4, -0.2) is 20.3 Å². The highest BCUT2D eigenvalue weighted by Crippen LogP contribution is 2.26. The molecule has 0 saturated carbocycles. The van der Waals surface area contributed by atoms with Crippen molar-refractivity contribution in [2.75, 3.05) is 0 Å². The van der Waals surface area contributed by atoms with Crippen molar-refractivity contribution in [3.8, 4) is 5.69 Å². The van der Waals surface area contributed by atoms with Gasteiger partial charge in [-0.15, -0.1) is 0 Å². The minimum Gasteiger partial charge on any atom is -0.352 e. The second-order valence-corrected chi connectivity index (χ2v) is 8.09. The second-order valence-electron chi connectivity index (χ2n) is 8.09. The van der Waals surface area contributed by atoms with Crippen molar-refractivity contribution in [3.05, 3.63) is 93.2 Å². The molecule has 0 bridgehead atoms. The molecule has 0 atom stereocenters. The van der Waals surface area contributed by atoms with Gasteiger partial charge in [0.05, 0.1) is 11.4 Å². The van der Waals surface area contributed by atoms with Crippen molar-refractivity contribution in [1.82, 2.24) is 19.7 Å². The summed E-state index contributed by atoms with van der Waals surface area (Å²) < 4.78 is 17.1. The van der Waals surface area contributed by atoms with E-state index in [-0.39, 0.29) is 23.7 Å². The van der Waals surface area contributed by atoms with E-state index in [4.69, 9.17) is 0 Å². The van der Waals surface area contributed by atoms with E-state index in [2.05, 4.69) is 10.4 Å². The number of benzene rings is 2. The molecule has 0 fully saturated rings. The van der Waals surface area contributed by atoms with Gasteiger partial charge in [-0.05, 0) is 56.5 Å². The lowest BCUT2D eigenvalue weighted by Crippen LogP contribution is -2.28. The van der Waals surface area contributed by atoms with E-state index >= 15 is 0 Å². The number of fused-ring (bicyclic) bond motifs is 1. The predicted octanol–water partition coefficient (Wildman–Crippen LogP) is 4.21. The molecule has 1 amide bonds. The first-order chi connectivity index (χ1) is 15.9. The summed E-state index contributed by atoms with van der Waals surface area (Å²) in [6.45, 7) is 6.56. The van der Waals surface area contributed by atoms with Crippen molar-refractivity contribution in [1.29, 1.82) is 0 Å². The van der Waals surface area contributed by atoms with Gasteiger partial charge in [-0.2, -0.15) is 5.10 Å². The Hall–Kier alpha value is -3.74. The maximum absolute atomic E-state index is 13.9. The number of rotatable bonds is 7. The number of halogens is 1. The average Bonchev–Trinajstić information content (AvgIpc) is 3.15. The zero-order chi connectivity index (χ0) is 23.5. The van der Waals surface area contributed by atoms with Gasteiger partial charge < -0.3 is 5.32 Å². The van der Waals surface area contributed by atoms with E-state index in [0.717, 1.165) is 22.2 Å². The molecule has 2 aromatic carbocycles. The maximum Gasteiger partial charge on any atom is 0.255 e. The highest BCUT2D eigenvalue weighted by atomic mass is 19.1. The Morgan fingerprint density at radius 2 is 1.85 bits per heavy atom. The molecule has 0 aliphatic carbocycles. The highest BCUT2D eigenvalue weighted by Gasteiger charge is 2.21. The number of aryl methyl sites for hydroxylation is 3. The van der Waals surface area contributed by atoms with Crippen molar-refractivity contribution < 1.29 is 9.18 Å². The Morgan fingerprint density at radius 3 is 2.55 bits per heavy atom. The van der Waals surface area contributed by atoms with Crippen LogP contribution in [0.5, 0.6) is 0 Å². The number of aromatic nitrogens is 3. The van der Waals surface area contributed by atoms with Crippen LogP contribution in [0, 0.1) is 19.7 Å². The first-order valence-electron chi connectivity index (χ1n) is 11.1. The Morgan fingerprint density at radius 1 is 1.09 bits per heavy atom. The number of nitrogens with one attached hydrogen (secondary N) is 1. The van der Waals surface area contributed by atoms with Crippen LogP contribution in [0.3, 0.4) is 0 Å². The van der Waals surface area contributed by atoms with E-state index in [0.29, 0.717) is 36.4 Å². The first kappa shape index (κ1) is 22.5. The molecule has 4 aromatic rings. The highest BCUT2D eigenvalue weighted by molar-refractivity contribution is 5.85. The molecule has 0 aliphatic heterocycles. The number of hydrogen-bond donors (Lipinski definition) is 1. The van der Waals surface area contributed by atoms with Gasteiger partial charge in [0.2, 0.25) is 5.91 Å². The molecule has 170 valence electrons. The SMILES string of the molecule is CCn1c(=O)c(CCC(=O)NCc2ccccc2)c(C)c2c(C)nn(-c3cccc(F)c3)c21. The minimum atomic E-state index is -0.367. The standard InChI is InChI=1S/C26H27FN4O2/c1-4-30-25-24(18(3)29-31(25)21-12-8-11-20(27)15-21)17(2)22(26(30)33)13-14-23(32)28-16-19-9-6-5-7-10-19/h5-12,15H,4,13-14,16H2,1-3H3,(H,28,32). The molecule has 2 aromatic heterocycles. The molecule has 2 heterocycles. The van der Waals surface area contributed by atoms with Crippen molar-refractivity contribution in [3.63, 3.8) is 0 Å². The lowest BCUT2D eigenvalue weighted by Gasteiger charge is -2.14. The van der Waals surface area contributed by atoms with Crippen molar-refractivity contribution >= 4 is 16.9 Å². The lowest BCUT2D eigenvalue weighted by atomic mass is 10.0. The lowest BCUT2D eigenvalue weighted by molar-refractivity contribution is -0.121. The molecular formula is C26H27FN4O2. The smallest absolute Gasteiger partial charge is 0.255 e. The number of pyridine rings is 1. The molecular weight excluding hydrogens is 419 g/mol. The predicted molar refractivity (Wildman–Crippen MR) is 127 cm³/mol. The summed E-state index contributed by atoms with van der Waals surface area (Å²) >= 11 is 0. The third-order valence-corrected chi connectivity index (χ3v) is 5.93.